The van der Waals surface area contributed by atoms with Gasteiger partial charge in [0.1, 0.15) is 0 Å². The second-order valence-electron chi connectivity index (χ2n) is 7.49. The van der Waals surface area contributed by atoms with E-state index >= 15 is 0 Å². The highest BCUT2D eigenvalue weighted by atomic mass is 16.1. The van der Waals surface area contributed by atoms with Gasteiger partial charge in [0.2, 0.25) is 0 Å². The highest BCUT2D eigenvalue weighted by Crippen LogP contribution is 2.26. The molecule has 4 N–H and O–H groups in total. The van der Waals surface area contributed by atoms with Crippen LogP contribution in [0, 0.1) is 0 Å². The molecule has 0 aliphatic heterocycles. The fraction of sp³-hybridized carbons (Fsp3) is 0.381. The van der Waals surface area contributed by atoms with Crippen molar-refractivity contribution in [2.75, 3.05) is 12.8 Å². The van der Waals surface area contributed by atoms with Crippen molar-refractivity contribution in [2.45, 2.75) is 44.7 Å². The molecule has 1 aliphatic rings. The zero-order chi connectivity index (χ0) is 18.1. The van der Waals surface area contributed by atoms with Crippen molar-refractivity contribution >= 4 is 16.6 Å². The number of anilines is 1. The number of H-pyrrole nitrogens is 2. The van der Waals surface area contributed by atoms with Crippen LogP contribution >= 0.6 is 0 Å². The van der Waals surface area contributed by atoms with E-state index in [1.807, 2.05) is 6.07 Å². The van der Waals surface area contributed by atoms with Gasteiger partial charge in [0.15, 0.2) is 0 Å². The minimum atomic E-state index is -0.136. The zero-order valence-electron chi connectivity index (χ0n) is 15.2. The molecule has 1 aliphatic carbocycles. The van der Waals surface area contributed by atoms with E-state index in [-0.39, 0.29) is 5.56 Å². The summed E-state index contributed by atoms with van der Waals surface area (Å²) in [6, 6.07) is 10.9. The Hall–Kier alpha value is -2.53. The van der Waals surface area contributed by atoms with Gasteiger partial charge in [-0.2, -0.15) is 0 Å². The Morgan fingerprint density at radius 2 is 1.96 bits per heavy atom. The second-order valence-corrected chi connectivity index (χ2v) is 7.49. The third-order valence-electron chi connectivity index (χ3n) is 5.53. The maximum atomic E-state index is 12.1. The van der Waals surface area contributed by atoms with Gasteiger partial charge in [-0.25, -0.2) is 0 Å². The molecule has 0 spiro atoms. The van der Waals surface area contributed by atoms with Gasteiger partial charge >= 0.3 is 0 Å². The van der Waals surface area contributed by atoms with Crippen LogP contribution in [0.5, 0.6) is 0 Å². The first-order chi connectivity index (χ1) is 12.6. The number of fused-ring (bicyclic) bond motifs is 1. The normalized spacial score (nSPS) is 15.8. The molecular weight excluding hydrogens is 324 g/mol. The lowest BCUT2D eigenvalue weighted by atomic mass is 9.94. The van der Waals surface area contributed by atoms with Gasteiger partial charge in [-0.1, -0.05) is 25.3 Å². The molecule has 26 heavy (non-hydrogen) atoms. The predicted octanol–water partition coefficient (Wildman–Crippen LogP) is 3.87. The minimum Gasteiger partial charge on any atom is -0.398 e. The van der Waals surface area contributed by atoms with Crippen molar-refractivity contribution in [1.29, 1.82) is 0 Å². The summed E-state index contributed by atoms with van der Waals surface area (Å²) in [7, 11) is 2.23. The SMILES string of the molecule is CN(Cc1ccc2[nH]c(-c3cc(N)c[nH]c3=O)cc2c1)C1CCCCC1. The molecule has 2 aromatic heterocycles. The Balaban J connectivity index is 1.59. The van der Waals surface area contributed by atoms with Gasteiger partial charge < -0.3 is 15.7 Å². The van der Waals surface area contributed by atoms with Crippen LogP contribution in [0.2, 0.25) is 0 Å². The Labute approximate surface area is 153 Å². The number of aromatic amines is 2. The number of nitrogens with zero attached hydrogens (tertiary/aromatic N) is 1. The number of rotatable bonds is 4. The molecule has 1 fully saturated rings. The molecule has 5 nitrogen and oxygen atoms in total. The Morgan fingerprint density at radius 1 is 1.15 bits per heavy atom. The van der Waals surface area contributed by atoms with Crippen molar-refractivity contribution in [2.24, 2.45) is 0 Å². The Kier molecular flexibility index (Phi) is 4.55. The standard InChI is InChI=1S/C21H26N4O/c1-25(17-5-3-2-4-6-17)13-14-7-8-19-15(9-14)10-20(24-19)18-11-16(22)12-23-21(18)26/h7-12,17,24H,2-6,13,22H2,1H3,(H,23,26). The van der Waals surface area contributed by atoms with Crippen LogP contribution in [0.1, 0.15) is 37.7 Å². The molecule has 136 valence electrons. The second kappa shape index (κ2) is 7.00. The van der Waals surface area contributed by atoms with Crippen molar-refractivity contribution in [3.63, 3.8) is 0 Å². The van der Waals surface area contributed by atoms with Crippen molar-refractivity contribution in [3.05, 3.63) is 52.4 Å². The quantitative estimate of drug-likeness (QED) is 0.668. The van der Waals surface area contributed by atoms with Gasteiger partial charge in [0, 0.05) is 35.4 Å². The zero-order valence-corrected chi connectivity index (χ0v) is 15.2. The summed E-state index contributed by atoms with van der Waals surface area (Å²) in [6.07, 6.45) is 8.23. The summed E-state index contributed by atoms with van der Waals surface area (Å²) in [6.45, 7) is 0.958. The van der Waals surface area contributed by atoms with Crippen LogP contribution in [0.3, 0.4) is 0 Å². The summed E-state index contributed by atoms with van der Waals surface area (Å²) in [5.41, 5.74) is 9.94. The number of hydrogen-bond donors (Lipinski definition) is 3. The van der Waals surface area contributed by atoms with Gasteiger partial charge in [-0.05, 0) is 49.7 Å². The maximum absolute atomic E-state index is 12.1. The van der Waals surface area contributed by atoms with Gasteiger partial charge in [-0.3, -0.25) is 9.69 Å². The number of aromatic nitrogens is 2. The van der Waals surface area contributed by atoms with Crippen molar-refractivity contribution in [3.8, 4) is 11.3 Å². The number of nitrogens with two attached hydrogens (primary N) is 1. The van der Waals surface area contributed by atoms with Crippen molar-refractivity contribution in [1.82, 2.24) is 14.9 Å². The third kappa shape index (κ3) is 3.40. The molecular formula is C21H26N4O. The summed E-state index contributed by atoms with van der Waals surface area (Å²) < 4.78 is 0. The summed E-state index contributed by atoms with van der Waals surface area (Å²) in [4.78, 5) is 20.6. The monoisotopic (exact) mass is 350 g/mol. The molecule has 0 unspecified atom stereocenters. The Bertz CT molecular complexity index is 966. The third-order valence-corrected chi connectivity index (χ3v) is 5.53. The van der Waals surface area contributed by atoms with E-state index < -0.39 is 0 Å². The van der Waals surface area contributed by atoms with E-state index in [0.717, 1.165) is 23.1 Å². The molecule has 0 bridgehead atoms. The van der Waals surface area contributed by atoms with Gasteiger partial charge in [0.25, 0.3) is 5.56 Å². The summed E-state index contributed by atoms with van der Waals surface area (Å²) in [5, 5.41) is 1.12. The van der Waals surface area contributed by atoms with E-state index in [1.54, 1.807) is 6.07 Å². The van der Waals surface area contributed by atoms with E-state index in [1.165, 1.54) is 43.9 Å². The first-order valence-electron chi connectivity index (χ1n) is 9.40. The first-order valence-corrected chi connectivity index (χ1v) is 9.40. The number of nitrogens with one attached hydrogen (secondary N) is 2. The number of pyridine rings is 1. The predicted molar refractivity (Wildman–Crippen MR) is 107 cm³/mol. The van der Waals surface area contributed by atoms with E-state index in [4.69, 9.17) is 5.73 Å². The van der Waals surface area contributed by atoms with Crippen LogP contribution in [0.25, 0.3) is 22.2 Å². The molecule has 1 aromatic carbocycles. The fourth-order valence-electron chi connectivity index (χ4n) is 4.07. The lowest BCUT2D eigenvalue weighted by Gasteiger charge is -2.31. The molecule has 0 amide bonds. The molecule has 3 aromatic rings. The first kappa shape index (κ1) is 16.9. The average molecular weight is 350 g/mol. The van der Waals surface area contributed by atoms with Crippen LogP contribution in [-0.4, -0.2) is 28.0 Å². The maximum Gasteiger partial charge on any atom is 0.257 e. The van der Waals surface area contributed by atoms with Gasteiger partial charge in [0.05, 0.1) is 11.3 Å². The molecule has 0 atom stereocenters. The van der Waals surface area contributed by atoms with E-state index in [2.05, 4.69) is 40.1 Å². The lowest BCUT2D eigenvalue weighted by Crippen LogP contribution is -2.32. The lowest BCUT2D eigenvalue weighted by molar-refractivity contribution is 0.184. The van der Waals surface area contributed by atoms with Crippen LogP contribution in [0.15, 0.2) is 41.3 Å². The molecule has 1 saturated carbocycles. The molecule has 4 rings (SSSR count). The molecule has 0 saturated heterocycles. The minimum absolute atomic E-state index is 0.136. The topological polar surface area (TPSA) is 77.9 Å². The smallest absolute Gasteiger partial charge is 0.257 e. The van der Waals surface area contributed by atoms with E-state index in [9.17, 15) is 4.79 Å². The van der Waals surface area contributed by atoms with Crippen LogP contribution < -0.4 is 11.3 Å². The van der Waals surface area contributed by atoms with Gasteiger partial charge in [-0.15, -0.1) is 0 Å². The molecule has 0 radical (unpaired) electrons. The highest BCUT2D eigenvalue weighted by molar-refractivity contribution is 5.86. The number of benzene rings is 1. The van der Waals surface area contributed by atoms with E-state index in [0.29, 0.717) is 17.3 Å². The van der Waals surface area contributed by atoms with Crippen molar-refractivity contribution < 1.29 is 0 Å². The largest absolute Gasteiger partial charge is 0.398 e. The summed E-state index contributed by atoms with van der Waals surface area (Å²) >= 11 is 0. The van der Waals surface area contributed by atoms with Crippen LogP contribution in [0.4, 0.5) is 5.69 Å². The Morgan fingerprint density at radius 3 is 2.77 bits per heavy atom. The van der Waals surface area contributed by atoms with Crippen LogP contribution in [-0.2, 0) is 6.54 Å². The highest BCUT2D eigenvalue weighted by Gasteiger charge is 2.18. The number of hydrogen-bond acceptors (Lipinski definition) is 3. The fourth-order valence-corrected chi connectivity index (χ4v) is 4.07. The molecule has 5 heteroatoms. The number of nitrogen functional groups attached to an aromatic ring is 1. The summed E-state index contributed by atoms with van der Waals surface area (Å²) in [5.74, 6) is 0. The average Bonchev–Trinajstić information content (AvgIpc) is 3.07. The molecule has 2 heterocycles.